The van der Waals surface area contributed by atoms with E-state index in [1.54, 1.807) is 7.05 Å². The molecular weight excluding hydrogens is 460 g/mol. The summed E-state index contributed by atoms with van der Waals surface area (Å²) in [5.74, 6) is 0.0513. The highest BCUT2D eigenvalue weighted by Gasteiger charge is 2.28. The maximum absolute atomic E-state index is 12.2. The Labute approximate surface area is 213 Å². The molecule has 0 bridgehead atoms. The zero-order valence-electron chi connectivity index (χ0n) is 21.7. The number of benzene rings is 2. The van der Waals surface area contributed by atoms with Crippen LogP contribution < -0.4 is 5.32 Å². The largest absolute Gasteiger partial charge is 0.449 e. The normalized spacial score (nSPS) is 12.6. The van der Waals surface area contributed by atoms with E-state index in [0.29, 0.717) is 52.5 Å². The predicted molar refractivity (Wildman–Crippen MR) is 138 cm³/mol. The zero-order valence-corrected chi connectivity index (χ0v) is 21.7. The number of nitrogens with zero attached hydrogens (tertiary/aromatic N) is 1. The molecule has 0 aromatic heterocycles. The van der Waals surface area contributed by atoms with E-state index in [1.165, 1.54) is 27.2 Å². The van der Waals surface area contributed by atoms with Crippen LogP contribution in [-0.2, 0) is 18.9 Å². The summed E-state index contributed by atoms with van der Waals surface area (Å²) < 4.78 is 21.8. The molecule has 0 aliphatic heterocycles. The second kappa shape index (κ2) is 13.3. The molecule has 8 nitrogen and oxygen atoms in total. The van der Waals surface area contributed by atoms with E-state index in [0.717, 1.165) is 0 Å². The lowest BCUT2D eigenvalue weighted by Gasteiger charge is -2.24. The van der Waals surface area contributed by atoms with Gasteiger partial charge < -0.3 is 29.2 Å². The van der Waals surface area contributed by atoms with Crippen molar-refractivity contribution in [1.82, 2.24) is 10.2 Å². The van der Waals surface area contributed by atoms with Crippen molar-refractivity contribution in [2.45, 2.75) is 38.7 Å². The number of carbonyl (C=O) groups excluding carboxylic acids is 2. The Morgan fingerprint density at radius 2 is 1.47 bits per heavy atom. The first kappa shape index (κ1) is 27.5. The number of alkyl carbamates (subject to hydrolysis) is 1. The molecule has 0 saturated heterocycles. The Kier molecular flexibility index (Phi) is 10.1. The molecule has 1 aliphatic carbocycles. The third kappa shape index (κ3) is 8.24. The summed E-state index contributed by atoms with van der Waals surface area (Å²) >= 11 is 0. The molecule has 1 N–H and O–H groups in total. The van der Waals surface area contributed by atoms with E-state index in [9.17, 15) is 9.59 Å². The van der Waals surface area contributed by atoms with Gasteiger partial charge in [0.05, 0.1) is 19.8 Å². The number of hydrogen-bond acceptors (Lipinski definition) is 6. The van der Waals surface area contributed by atoms with Crippen LogP contribution in [0.15, 0.2) is 48.5 Å². The third-order valence-corrected chi connectivity index (χ3v) is 5.73. The summed E-state index contributed by atoms with van der Waals surface area (Å²) in [6.45, 7) is 8.50. The third-order valence-electron chi connectivity index (χ3n) is 5.73. The van der Waals surface area contributed by atoms with Gasteiger partial charge in [-0.25, -0.2) is 9.59 Å². The molecule has 1 aliphatic rings. The van der Waals surface area contributed by atoms with Crippen LogP contribution >= 0.6 is 0 Å². The van der Waals surface area contributed by atoms with Crippen LogP contribution in [-0.4, -0.2) is 75.9 Å². The van der Waals surface area contributed by atoms with Crippen molar-refractivity contribution in [3.8, 4) is 11.1 Å². The van der Waals surface area contributed by atoms with Gasteiger partial charge in [0.15, 0.2) is 0 Å². The van der Waals surface area contributed by atoms with E-state index >= 15 is 0 Å². The fraction of sp³-hybridized carbons (Fsp3) is 0.500. The highest BCUT2D eigenvalue weighted by Crippen LogP contribution is 2.44. The molecule has 0 saturated carbocycles. The number of ether oxygens (including phenoxy) is 4. The van der Waals surface area contributed by atoms with Gasteiger partial charge in [-0.2, -0.15) is 0 Å². The number of fused-ring (bicyclic) bond motifs is 3. The Morgan fingerprint density at radius 3 is 2.08 bits per heavy atom. The zero-order chi connectivity index (χ0) is 26.0. The molecule has 0 heterocycles. The first-order valence-electron chi connectivity index (χ1n) is 12.4. The van der Waals surface area contributed by atoms with Crippen LogP contribution in [0.3, 0.4) is 0 Å². The fourth-order valence-electron chi connectivity index (χ4n) is 3.97. The highest BCUT2D eigenvalue weighted by molar-refractivity contribution is 5.79. The minimum atomic E-state index is -0.514. The van der Waals surface area contributed by atoms with Crippen molar-refractivity contribution >= 4 is 12.2 Å². The highest BCUT2D eigenvalue weighted by atomic mass is 16.6. The van der Waals surface area contributed by atoms with Gasteiger partial charge in [0, 0.05) is 32.7 Å². The monoisotopic (exact) mass is 498 g/mol. The molecule has 0 radical (unpaired) electrons. The molecule has 36 heavy (non-hydrogen) atoms. The lowest BCUT2D eigenvalue weighted by Crippen LogP contribution is -2.36. The first-order chi connectivity index (χ1) is 17.3. The van der Waals surface area contributed by atoms with E-state index in [-0.39, 0.29) is 12.0 Å². The average Bonchev–Trinajstić information content (AvgIpc) is 3.16. The topological polar surface area (TPSA) is 86.3 Å². The fourth-order valence-corrected chi connectivity index (χ4v) is 3.97. The van der Waals surface area contributed by atoms with Gasteiger partial charge in [-0.05, 0) is 49.4 Å². The molecular formula is C28H38N2O6. The minimum absolute atomic E-state index is 0.0513. The molecule has 2 aromatic rings. The van der Waals surface area contributed by atoms with Crippen molar-refractivity contribution in [2.75, 3.05) is 53.2 Å². The van der Waals surface area contributed by atoms with Crippen molar-refractivity contribution in [3.05, 3.63) is 59.7 Å². The van der Waals surface area contributed by atoms with Gasteiger partial charge in [0.25, 0.3) is 0 Å². The second-order valence-electron chi connectivity index (χ2n) is 9.73. The van der Waals surface area contributed by atoms with Gasteiger partial charge in [0.1, 0.15) is 12.2 Å². The Hall–Kier alpha value is -3.10. The molecule has 8 heteroatoms. The Balaban J connectivity index is 1.22. The summed E-state index contributed by atoms with van der Waals surface area (Å²) in [5, 5.41) is 2.78. The smallest absolute Gasteiger partial charge is 0.410 e. The van der Waals surface area contributed by atoms with E-state index in [2.05, 4.69) is 29.6 Å². The van der Waals surface area contributed by atoms with Gasteiger partial charge in [0.2, 0.25) is 0 Å². The van der Waals surface area contributed by atoms with Gasteiger partial charge in [-0.1, -0.05) is 48.5 Å². The Bertz CT molecular complexity index is 958. The molecule has 0 atom stereocenters. The van der Waals surface area contributed by atoms with Crippen LogP contribution in [0.25, 0.3) is 11.1 Å². The van der Waals surface area contributed by atoms with Crippen LogP contribution in [0, 0.1) is 0 Å². The van der Waals surface area contributed by atoms with Crippen molar-refractivity contribution in [1.29, 1.82) is 0 Å². The maximum atomic E-state index is 12.2. The molecule has 0 spiro atoms. The molecule has 0 unspecified atom stereocenters. The van der Waals surface area contributed by atoms with Crippen LogP contribution in [0.4, 0.5) is 9.59 Å². The summed E-state index contributed by atoms with van der Waals surface area (Å²) in [5.41, 5.74) is 4.29. The van der Waals surface area contributed by atoms with Gasteiger partial charge in [-0.3, -0.25) is 0 Å². The van der Waals surface area contributed by atoms with Crippen molar-refractivity contribution < 1.29 is 28.5 Å². The Morgan fingerprint density at radius 1 is 0.889 bits per heavy atom. The average molecular weight is 499 g/mol. The standard InChI is InChI=1S/C28H38N2O6/c1-28(2,3)36-27(32)30(4)15-17-34-19-18-33-16-9-14-29-26(31)35-20-25-23-12-7-5-10-21(23)22-11-6-8-13-24(22)25/h5-8,10-13,25H,9,14-20H2,1-4H3,(H,29,31). The van der Waals surface area contributed by atoms with E-state index in [1.807, 2.05) is 45.0 Å². The summed E-state index contributed by atoms with van der Waals surface area (Å²) in [6.07, 6.45) is -0.119. The van der Waals surface area contributed by atoms with Crippen LogP contribution in [0.2, 0.25) is 0 Å². The molecule has 0 fully saturated rings. The van der Waals surface area contributed by atoms with E-state index < -0.39 is 11.7 Å². The van der Waals surface area contributed by atoms with Crippen LogP contribution in [0.5, 0.6) is 0 Å². The number of hydrogen-bond donors (Lipinski definition) is 1. The molecule has 196 valence electrons. The summed E-state index contributed by atoms with van der Waals surface area (Å²) in [7, 11) is 1.68. The molecule has 2 aromatic carbocycles. The predicted octanol–water partition coefficient (Wildman–Crippen LogP) is 4.82. The summed E-state index contributed by atoms with van der Waals surface area (Å²) in [6, 6.07) is 16.5. The second-order valence-corrected chi connectivity index (χ2v) is 9.73. The lowest BCUT2D eigenvalue weighted by molar-refractivity contribution is 0.0158. The van der Waals surface area contributed by atoms with Gasteiger partial charge in [-0.15, -0.1) is 0 Å². The number of nitrogens with one attached hydrogen (secondary N) is 1. The number of rotatable bonds is 12. The maximum Gasteiger partial charge on any atom is 0.410 e. The lowest BCUT2D eigenvalue weighted by atomic mass is 9.98. The SMILES string of the molecule is CN(CCOCCOCCCNC(=O)OCC1c2ccccc2-c2ccccc21)C(=O)OC(C)(C)C. The van der Waals surface area contributed by atoms with Crippen molar-refractivity contribution in [3.63, 3.8) is 0 Å². The van der Waals surface area contributed by atoms with Gasteiger partial charge >= 0.3 is 12.2 Å². The first-order valence-corrected chi connectivity index (χ1v) is 12.4. The molecule has 2 amide bonds. The number of likely N-dealkylation sites (N-methyl/N-ethyl adjacent to an activating group) is 1. The van der Waals surface area contributed by atoms with E-state index in [4.69, 9.17) is 18.9 Å². The summed E-state index contributed by atoms with van der Waals surface area (Å²) in [4.78, 5) is 25.5. The number of carbonyl (C=O) groups is 2. The number of amides is 2. The van der Waals surface area contributed by atoms with Crippen LogP contribution in [0.1, 0.15) is 44.2 Å². The quantitative estimate of drug-likeness (QED) is 0.423. The molecule has 3 rings (SSSR count). The van der Waals surface area contributed by atoms with Crippen molar-refractivity contribution in [2.24, 2.45) is 0 Å². The minimum Gasteiger partial charge on any atom is -0.449 e.